The van der Waals surface area contributed by atoms with Crippen LogP contribution in [-0.2, 0) is 6.54 Å². The van der Waals surface area contributed by atoms with Crippen LogP contribution < -0.4 is 11.1 Å². The average Bonchev–Trinajstić information content (AvgIpc) is 2.49. The molecule has 1 aromatic heterocycles. The fourth-order valence-corrected chi connectivity index (χ4v) is 2.78. The summed E-state index contributed by atoms with van der Waals surface area (Å²) in [5.74, 6) is 0. The van der Waals surface area contributed by atoms with Gasteiger partial charge in [0.2, 0.25) is 0 Å². The van der Waals surface area contributed by atoms with E-state index in [0.717, 1.165) is 25.9 Å². The first-order chi connectivity index (χ1) is 6.97. The SMILES string of the molecule is CC(C)(N)CCCNCc1ccc(Br)s1. The molecule has 0 unspecified atom stereocenters. The summed E-state index contributed by atoms with van der Waals surface area (Å²) < 4.78 is 1.20. The third-order valence-electron chi connectivity index (χ3n) is 2.10. The van der Waals surface area contributed by atoms with Gasteiger partial charge in [0.05, 0.1) is 3.79 Å². The van der Waals surface area contributed by atoms with Crippen LogP contribution in [0.15, 0.2) is 15.9 Å². The van der Waals surface area contributed by atoms with Crippen molar-refractivity contribution in [2.24, 2.45) is 5.73 Å². The van der Waals surface area contributed by atoms with E-state index < -0.39 is 0 Å². The second kappa shape index (κ2) is 5.99. The van der Waals surface area contributed by atoms with E-state index in [2.05, 4.69) is 47.2 Å². The van der Waals surface area contributed by atoms with Gasteiger partial charge >= 0.3 is 0 Å². The quantitative estimate of drug-likeness (QED) is 0.790. The highest BCUT2D eigenvalue weighted by Gasteiger charge is 2.08. The smallest absolute Gasteiger partial charge is 0.0701 e. The number of rotatable bonds is 6. The molecule has 0 spiro atoms. The number of nitrogens with one attached hydrogen (secondary N) is 1. The molecule has 0 aliphatic carbocycles. The highest BCUT2D eigenvalue weighted by atomic mass is 79.9. The molecular formula is C11H19BrN2S. The molecule has 86 valence electrons. The van der Waals surface area contributed by atoms with Crippen LogP contribution in [0, 0.1) is 0 Å². The standard InChI is InChI=1S/C11H19BrN2S/c1-11(2,13)6-3-7-14-8-9-4-5-10(12)15-9/h4-5,14H,3,6-8,13H2,1-2H3. The number of thiophene rings is 1. The summed E-state index contributed by atoms with van der Waals surface area (Å²) in [6.45, 7) is 6.14. The highest BCUT2D eigenvalue weighted by molar-refractivity contribution is 9.11. The molecule has 0 aliphatic rings. The molecule has 0 bridgehead atoms. The van der Waals surface area contributed by atoms with Crippen LogP contribution in [-0.4, -0.2) is 12.1 Å². The van der Waals surface area contributed by atoms with Gasteiger partial charge in [-0.3, -0.25) is 0 Å². The summed E-state index contributed by atoms with van der Waals surface area (Å²) in [7, 11) is 0. The molecule has 0 saturated heterocycles. The molecule has 0 saturated carbocycles. The summed E-state index contributed by atoms with van der Waals surface area (Å²) in [6, 6.07) is 4.24. The second-order valence-corrected chi connectivity index (χ2v) is 7.02. The molecule has 0 aliphatic heterocycles. The zero-order valence-corrected chi connectivity index (χ0v) is 11.7. The van der Waals surface area contributed by atoms with Crippen molar-refractivity contribution in [3.8, 4) is 0 Å². The van der Waals surface area contributed by atoms with E-state index in [4.69, 9.17) is 5.73 Å². The Labute approximate surface area is 104 Å². The van der Waals surface area contributed by atoms with Crippen molar-refractivity contribution in [2.45, 2.75) is 38.8 Å². The van der Waals surface area contributed by atoms with Gasteiger partial charge in [-0.1, -0.05) is 0 Å². The third-order valence-corrected chi connectivity index (χ3v) is 3.73. The summed E-state index contributed by atoms with van der Waals surface area (Å²) in [4.78, 5) is 1.37. The molecule has 4 heteroatoms. The molecule has 0 fully saturated rings. The van der Waals surface area contributed by atoms with Gasteiger partial charge < -0.3 is 11.1 Å². The zero-order chi connectivity index (χ0) is 11.3. The van der Waals surface area contributed by atoms with Gasteiger partial charge in [-0.05, 0) is 61.3 Å². The lowest BCUT2D eigenvalue weighted by molar-refractivity contribution is 0.449. The Hall–Kier alpha value is 0.1000. The van der Waals surface area contributed by atoms with Gasteiger partial charge in [0.25, 0.3) is 0 Å². The Balaban J connectivity index is 2.07. The molecule has 2 nitrogen and oxygen atoms in total. The van der Waals surface area contributed by atoms with Crippen LogP contribution in [0.2, 0.25) is 0 Å². The monoisotopic (exact) mass is 290 g/mol. The summed E-state index contributed by atoms with van der Waals surface area (Å²) in [5.41, 5.74) is 5.87. The fraction of sp³-hybridized carbons (Fsp3) is 0.636. The average molecular weight is 291 g/mol. The van der Waals surface area contributed by atoms with Crippen molar-refractivity contribution in [1.82, 2.24) is 5.32 Å². The molecule has 0 aromatic carbocycles. The lowest BCUT2D eigenvalue weighted by Gasteiger charge is -2.17. The lowest BCUT2D eigenvalue weighted by atomic mass is 10.0. The number of halogens is 1. The fourth-order valence-electron chi connectivity index (χ4n) is 1.33. The van der Waals surface area contributed by atoms with Crippen molar-refractivity contribution in [1.29, 1.82) is 0 Å². The highest BCUT2D eigenvalue weighted by Crippen LogP contribution is 2.21. The molecule has 1 heterocycles. The Bertz CT molecular complexity index is 291. The van der Waals surface area contributed by atoms with E-state index in [0.29, 0.717) is 0 Å². The summed E-state index contributed by atoms with van der Waals surface area (Å²) in [6.07, 6.45) is 2.20. The Kier molecular flexibility index (Phi) is 5.26. The summed E-state index contributed by atoms with van der Waals surface area (Å²) in [5, 5.41) is 3.42. The minimum absolute atomic E-state index is 0.0341. The maximum absolute atomic E-state index is 5.90. The molecule has 1 aromatic rings. The third kappa shape index (κ3) is 6.30. The minimum Gasteiger partial charge on any atom is -0.326 e. The van der Waals surface area contributed by atoms with E-state index in [1.165, 1.54) is 8.66 Å². The molecular weight excluding hydrogens is 272 g/mol. The molecule has 3 N–H and O–H groups in total. The second-order valence-electron chi connectivity index (χ2n) is 4.47. The van der Waals surface area contributed by atoms with Crippen LogP contribution in [0.3, 0.4) is 0 Å². The largest absolute Gasteiger partial charge is 0.326 e. The zero-order valence-electron chi connectivity index (χ0n) is 9.35. The van der Waals surface area contributed by atoms with Crippen LogP contribution >= 0.6 is 27.3 Å². The Morgan fingerprint density at radius 2 is 2.20 bits per heavy atom. The van der Waals surface area contributed by atoms with Crippen LogP contribution in [0.5, 0.6) is 0 Å². The van der Waals surface area contributed by atoms with Gasteiger partial charge in [0.1, 0.15) is 0 Å². The molecule has 1 rings (SSSR count). The van der Waals surface area contributed by atoms with Crippen LogP contribution in [0.4, 0.5) is 0 Å². The van der Waals surface area contributed by atoms with Crippen LogP contribution in [0.1, 0.15) is 31.6 Å². The summed E-state index contributed by atoms with van der Waals surface area (Å²) >= 11 is 5.24. The number of hydrogen-bond donors (Lipinski definition) is 2. The first kappa shape index (κ1) is 13.2. The van der Waals surface area contributed by atoms with E-state index in [1.54, 1.807) is 11.3 Å². The van der Waals surface area contributed by atoms with E-state index in [9.17, 15) is 0 Å². The van der Waals surface area contributed by atoms with E-state index in [1.807, 2.05) is 0 Å². The normalized spacial score (nSPS) is 12.0. The van der Waals surface area contributed by atoms with Gasteiger partial charge in [0.15, 0.2) is 0 Å². The van der Waals surface area contributed by atoms with Crippen LogP contribution in [0.25, 0.3) is 0 Å². The predicted octanol–water partition coefficient (Wildman–Crippen LogP) is 3.12. The topological polar surface area (TPSA) is 38.0 Å². The molecule has 0 amide bonds. The van der Waals surface area contributed by atoms with E-state index >= 15 is 0 Å². The van der Waals surface area contributed by atoms with Gasteiger partial charge in [-0.15, -0.1) is 11.3 Å². The van der Waals surface area contributed by atoms with Crippen molar-refractivity contribution < 1.29 is 0 Å². The molecule has 15 heavy (non-hydrogen) atoms. The van der Waals surface area contributed by atoms with Crippen molar-refractivity contribution >= 4 is 27.3 Å². The maximum atomic E-state index is 5.90. The van der Waals surface area contributed by atoms with E-state index in [-0.39, 0.29) is 5.54 Å². The predicted molar refractivity (Wildman–Crippen MR) is 71.2 cm³/mol. The first-order valence-corrected chi connectivity index (χ1v) is 6.82. The number of nitrogens with two attached hydrogens (primary N) is 1. The maximum Gasteiger partial charge on any atom is 0.0701 e. The van der Waals surface area contributed by atoms with Crippen molar-refractivity contribution in [2.75, 3.05) is 6.54 Å². The van der Waals surface area contributed by atoms with Gasteiger partial charge in [-0.2, -0.15) is 0 Å². The Morgan fingerprint density at radius 3 is 2.73 bits per heavy atom. The number of hydrogen-bond acceptors (Lipinski definition) is 3. The Morgan fingerprint density at radius 1 is 1.47 bits per heavy atom. The molecule has 0 radical (unpaired) electrons. The lowest BCUT2D eigenvalue weighted by Crippen LogP contribution is -2.32. The minimum atomic E-state index is -0.0341. The van der Waals surface area contributed by atoms with Gasteiger partial charge in [-0.25, -0.2) is 0 Å². The van der Waals surface area contributed by atoms with Crippen molar-refractivity contribution in [3.63, 3.8) is 0 Å². The first-order valence-electron chi connectivity index (χ1n) is 5.21. The van der Waals surface area contributed by atoms with Gasteiger partial charge in [0, 0.05) is 17.0 Å². The van der Waals surface area contributed by atoms with Crippen molar-refractivity contribution in [3.05, 3.63) is 20.8 Å². The molecule has 0 atom stereocenters.